The third-order valence-corrected chi connectivity index (χ3v) is 4.22. The molecule has 3 nitrogen and oxygen atoms in total. The summed E-state index contributed by atoms with van der Waals surface area (Å²) in [6, 6.07) is 17.4. The highest BCUT2D eigenvalue weighted by Gasteiger charge is 2.37. The molecule has 21 heavy (non-hydrogen) atoms. The van der Waals surface area contributed by atoms with Crippen molar-refractivity contribution in [3.8, 4) is 11.5 Å². The molecule has 0 amide bonds. The SMILES string of the molecule is c1ccc(C2CC2NCc2cccc3c2OCCO3)cc1. The lowest BCUT2D eigenvalue weighted by atomic mass is 10.1. The quantitative estimate of drug-likeness (QED) is 0.934. The summed E-state index contributed by atoms with van der Waals surface area (Å²) < 4.78 is 11.4. The van der Waals surface area contributed by atoms with Crippen LogP contribution in [0.5, 0.6) is 11.5 Å². The van der Waals surface area contributed by atoms with Crippen molar-refractivity contribution >= 4 is 0 Å². The van der Waals surface area contributed by atoms with E-state index in [0.29, 0.717) is 25.2 Å². The van der Waals surface area contributed by atoms with Gasteiger partial charge in [-0.2, -0.15) is 0 Å². The first kappa shape index (κ1) is 12.7. The van der Waals surface area contributed by atoms with Gasteiger partial charge in [0, 0.05) is 24.1 Å². The van der Waals surface area contributed by atoms with Crippen molar-refractivity contribution < 1.29 is 9.47 Å². The summed E-state index contributed by atoms with van der Waals surface area (Å²) in [5.74, 6) is 2.44. The smallest absolute Gasteiger partial charge is 0.165 e. The summed E-state index contributed by atoms with van der Waals surface area (Å²) >= 11 is 0. The first-order chi connectivity index (χ1) is 10.4. The maximum atomic E-state index is 5.75. The highest BCUT2D eigenvalue weighted by Crippen LogP contribution is 2.41. The Hall–Kier alpha value is -2.00. The number of para-hydroxylation sites is 1. The van der Waals surface area contributed by atoms with E-state index in [9.17, 15) is 0 Å². The van der Waals surface area contributed by atoms with E-state index in [1.165, 1.54) is 17.5 Å². The molecule has 1 heterocycles. The lowest BCUT2D eigenvalue weighted by Gasteiger charge is -2.21. The van der Waals surface area contributed by atoms with Crippen LogP contribution in [0, 0.1) is 0 Å². The predicted octanol–water partition coefficient (Wildman–Crippen LogP) is 3.10. The minimum atomic E-state index is 0.577. The average molecular weight is 281 g/mol. The topological polar surface area (TPSA) is 30.5 Å². The fourth-order valence-corrected chi connectivity index (χ4v) is 3.00. The minimum absolute atomic E-state index is 0.577. The molecule has 0 bridgehead atoms. The van der Waals surface area contributed by atoms with E-state index in [1.807, 2.05) is 12.1 Å². The van der Waals surface area contributed by atoms with Gasteiger partial charge in [0.05, 0.1) is 0 Å². The Morgan fingerprint density at radius 2 is 1.81 bits per heavy atom. The molecule has 1 aliphatic carbocycles. The third kappa shape index (κ3) is 2.61. The summed E-state index contributed by atoms with van der Waals surface area (Å²) in [5.41, 5.74) is 2.62. The van der Waals surface area contributed by atoms with Gasteiger partial charge in [0.2, 0.25) is 0 Å². The zero-order valence-corrected chi connectivity index (χ0v) is 11.9. The summed E-state index contributed by atoms with van der Waals surface area (Å²) in [5, 5.41) is 3.64. The second-order valence-electron chi connectivity index (χ2n) is 5.68. The molecule has 1 saturated carbocycles. The van der Waals surface area contributed by atoms with Crippen molar-refractivity contribution in [2.45, 2.75) is 24.9 Å². The zero-order chi connectivity index (χ0) is 14.1. The van der Waals surface area contributed by atoms with Crippen LogP contribution in [0.15, 0.2) is 48.5 Å². The molecule has 0 aromatic heterocycles. The van der Waals surface area contributed by atoms with E-state index < -0.39 is 0 Å². The van der Waals surface area contributed by atoms with Gasteiger partial charge < -0.3 is 14.8 Å². The Bertz CT molecular complexity index is 626. The molecule has 1 fully saturated rings. The van der Waals surface area contributed by atoms with Crippen LogP contribution in [-0.2, 0) is 6.54 Å². The number of ether oxygens (including phenoxy) is 2. The van der Waals surface area contributed by atoms with Gasteiger partial charge in [0.15, 0.2) is 11.5 Å². The Kier molecular flexibility index (Phi) is 3.28. The Balaban J connectivity index is 1.40. The van der Waals surface area contributed by atoms with Crippen molar-refractivity contribution in [1.29, 1.82) is 0 Å². The lowest BCUT2D eigenvalue weighted by molar-refractivity contribution is 0.169. The van der Waals surface area contributed by atoms with Crippen molar-refractivity contribution in [1.82, 2.24) is 5.32 Å². The summed E-state index contributed by atoms with van der Waals surface area (Å²) in [7, 11) is 0. The fourth-order valence-electron chi connectivity index (χ4n) is 3.00. The normalized spacial score (nSPS) is 22.9. The molecule has 0 saturated heterocycles. The van der Waals surface area contributed by atoms with Gasteiger partial charge in [0.25, 0.3) is 0 Å². The van der Waals surface area contributed by atoms with Crippen molar-refractivity contribution in [3.05, 3.63) is 59.7 Å². The molecule has 108 valence electrons. The van der Waals surface area contributed by atoms with Gasteiger partial charge >= 0.3 is 0 Å². The molecule has 0 spiro atoms. The zero-order valence-electron chi connectivity index (χ0n) is 11.9. The Labute approximate surface area is 124 Å². The molecule has 2 aromatic rings. The van der Waals surface area contributed by atoms with Crippen molar-refractivity contribution in [2.24, 2.45) is 0 Å². The number of benzene rings is 2. The number of nitrogens with one attached hydrogen (secondary N) is 1. The minimum Gasteiger partial charge on any atom is -0.486 e. The van der Waals surface area contributed by atoms with Gasteiger partial charge in [-0.25, -0.2) is 0 Å². The number of rotatable bonds is 4. The monoisotopic (exact) mass is 281 g/mol. The van der Waals surface area contributed by atoms with E-state index in [1.54, 1.807) is 0 Å². The van der Waals surface area contributed by atoms with E-state index in [-0.39, 0.29) is 0 Å². The van der Waals surface area contributed by atoms with Crippen LogP contribution in [-0.4, -0.2) is 19.3 Å². The molecule has 1 aliphatic heterocycles. The molecule has 4 rings (SSSR count). The second kappa shape index (κ2) is 5.41. The lowest BCUT2D eigenvalue weighted by Crippen LogP contribution is -2.21. The van der Waals surface area contributed by atoms with Crippen molar-refractivity contribution in [2.75, 3.05) is 13.2 Å². The highest BCUT2D eigenvalue weighted by molar-refractivity contribution is 5.47. The molecule has 2 atom stereocenters. The number of hydrogen-bond donors (Lipinski definition) is 1. The molecule has 3 heteroatoms. The Morgan fingerprint density at radius 3 is 2.71 bits per heavy atom. The van der Waals surface area contributed by atoms with Gasteiger partial charge in [0.1, 0.15) is 13.2 Å². The number of fused-ring (bicyclic) bond motifs is 1. The summed E-state index contributed by atoms with van der Waals surface area (Å²) in [6.07, 6.45) is 1.22. The van der Waals surface area contributed by atoms with E-state index in [4.69, 9.17) is 9.47 Å². The van der Waals surface area contributed by atoms with Gasteiger partial charge in [-0.15, -0.1) is 0 Å². The average Bonchev–Trinajstić information content (AvgIpc) is 3.33. The molecule has 2 unspecified atom stereocenters. The van der Waals surface area contributed by atoms with Crippen LogP contribution in [0.4, 0.5) is 0 Å². The number of hydrogen-bond acceptors (Lipinski definition) is 3. The molecular formula is C18H19NO2. The van der Waals surface area contributed by atoms with E-state index >= 15 is 0 Å². The largest absolute Gasteiger partial charge is 0.486 e. The molecular weight excluding hydrogens is 262 g/mol. The predicted molar refractivity (Wildman–Crippen MR) is 81.9 cm³/mol. The van der Waals surface area contributed by atoms with Crippen LogP contribution >= 0.6 is 0 Å². The molecule has 2 aliphatic rings. The van der Waals surface area contributed by atoms with Crippen LogP contribution in [0.1, 0.15) is 23.5 Å². The van der Waals surface area contributed by atoms with Gasteiger partial charge in [-0.1, -0.05) is 42.5 Å². The highest BCUT2D eigenvalue weighted by atomic mass is 16.6. The van der Waals surface area contributed by atoms with Crippen LogP contribution in [0.3, 0.4) is 0 Å². The van der Waals surface area contributed by atoms with Gasteiger partial charge in [-0.05, 0) is 18.1 Å². The molecule has 2 aromatic carbocycles. The van der Waals surface area contributed by atoms with Crippen LogP contribution in [0.2, 0.25) is 0 Å². The van der Waals surface area contributed by atoms with E-state index in [0.717, 1.165) is 18.0 Å². The maximum absolute atomic E-state index is 5.75. The van der Waals surface area contributed by atoms with Crippen LogP contribution in [0.25, 0.3) is 0 Å². The summed E-state index contributed by atoms with van der Waals surface area (Å²) in [4.78, 5) is 0. The van der Waals surface area contributed by atoms with Gasteiger partial charge in [-0.3, -0.25) is 0 Å². The molecule has 0 radical (unpaired) electrons. The summed E-state index contributed by atoms with van der Waals surface area (Å²) in [6.45, 7) is 2.11. The first-order valence-electron chi connectivity index (χ1n) is 7.57. The Morgan fingerprint density at radius 1 is 0.952 bits per heavy atom. The maximum Gasteiger partial charge on any atom is 0.165 e. The third-order valence-electron chi connectivity index (χ3n) is 4.22. The standard InChI is InChI=1S/C18H19NO2/c1-2-5-13(6-3-1)15-11-16(15)19-12-14-7-4-8-17-18(14)21-10-9-20-17/h1-8,15-16,19H,9-12H2. The first-order valence-corrected chi connectivity index (χ1v) is 7.57. The van der Waals surface area contributed by atoms with Crippen LogP contribution < -0.4 is 14.8 Å². The fraction of sp³-hybridized carbons (Fsp3) is 0.333. The molecule has 1 N–H and O–H groups in total. The van der Waals surface area contributed by atoms with Crippen molar-refractivity contribution in [3.63, 3.8) is 0 Å². The van der Waals surface area contributed by atoms with E-state index in [2.05, 4.69) is 41.7 Å². The second-order valence-corrected chi connectivity index (χ2v) is 5.68.